The summed E-state index contributed by atoms with van der Waals surface area (Å²) < 4.78 is 29.8. The van der Waals surface area contributed by atoms with Crippen LogP contribution in [0.4, 0.5) is 26.1 Å². The van der Waals surface area contributed by atoms with Gasteiger partial charge in [-0.15, -0.1) is 0 Å². The Labute approximate surface area is 212 Å². The minimum atomic E-state index is -0.341. The molecule has 1 aliphatic heterocycles. The molecule has 4 heterocycles. The number of aryl methyl sites for hydroxylation is 1. The Kier molecular flexibility index (Phi) is 5.84. The zero-order chi connectivity index (χ0) is 25.5. The maximum Gasteiger partial charge on any atom is 0.227 e. The van der Waals surface area contributed by atoms with Crippen molar-refractivity contribution in [2.75, 3.05) is 43.4 Å². The molecule has 1 aliphatic rings. The highest BCUT2D eigenvalue weighted by Crippen LogP contribution is 2.34. The maximum atomic E-state index is 15.0. The van der Waals surface area contributed by atoms with Crippen LogP contribution in [0.5, 0.6) is 0 Å². The van der Waals surface area contributed by atoms with E-state index in [0.717, 1.165) is 42.5 Å². The SMILES string of the molecule is Cc1cccc(F)c1-c1nc2cnc(Nc3ccc(N4CCN(C)CC4)c(F)c3)nc2c2cnccc12. The number of benzene rings is 2. The number of halogens is 2. The van der Waals surface area contributed by atoms with Crippen LogP contribution in [0.25, 0.3) is 33.1 Å². The molecule has 0 spiro atoms. The molecule has 5 aromatic rings. The highest BCUT2D eigenvalue weighted by atomic mass is 19.1. The number of rotatable bonds is 4. The molecule has 0 unspecified atom stereocenters. The zero-order valence-electron chi connectivity index (χ0n) is 20.5. The molecule has 9 heteroatoms. The molecule has 0 saturated carbocycles. The van der Waals surface area contributed by atoms with E-state index < -0.39 is 0 Å². The Bertz CT molecular complexity index is 1610. The second-order valence-electron chi connectivity index (χ2n) is 9.32. The minimum absolute atomic E-state index is 0.295. The number of anilines is 3. The highest BCUT2D eigenvalue weighted by molar-refractivity contribution is 6.09. The lowest BCUT2D eigenvalue weighted by molar-refractivity contribution is 0.311. The van der Waals surface area contributed by atoms with Gasteiger partial charge in [-0.25, -0.2) is 23.7 Å². The smallest absolute Gasteiger partial charge is 0.227 e. The van der Waals surface area contributed by atoms with E-state index in [4.69, 9.17) is 4.98 Å². The van der Waals surface area contributed by atoms with Crippen LogP contribution in [-0.4, -0.2) is 58.1 Å². The van der Waals surface area contributed by atoms with Crippen molar-refractivity contribution >= 4 is 39.1 Å². The van der Waals surface area contributed by atoms with Crippen LogP contribution in [0, 0.1) is 18.6 Å². The fourth-order valence-corrected chi connectivity index (χ4v) is 4.83. The van der Waals surface area contributed by atoms with Gasteiger partial charge in [0.1, 0.15) is 22.7 Å². The van der Waals surface area contributed by atoms with Crippen molar-refractivity contribution in [3.05, 3.63) is 78.3 Å². The van der Waals surface area contributed by atoms with Crippen LogP contribution in [0.2, 0.25) is 0 Å². The second-order valence-corrected chi connectivity index (χ2v) is 9.32. The molecule has 2 aromatic carbocycles. The lowest BCUT2D eigenvalue weighted by atomic mass is 9.99. The first-order valence-electron chi connectivity index (χ1n) is 12.1. The summed E-state index contributed by atoms with van der Waals surface area (Å²) in [5.41, 5.74) is 3.98. The summed E-state index contributed by atoms with van der Waals surface area (Å²) in [5.74, 6) is -0.330. The number of fused-ring (bicyclic) bond motifs is 3. The van der Waals surface area contributed by atoms with Gasteiger partial charge in [-0.2, -0.15) is 0 Å². The van der Waals surface area contributed by atoms with E-state index in [1.807, 2.05) is 25.1 Å². The van der Waals surface area contributed by atoms with E-state index in [2.05, 4.69) is 37.1 Å². The summed E-state index contributed by atoms with van der Waals surface area (Å²) in [5, 5.41) is 4.57. The molecule has 1 saturated heterocycles. The molecule has 0 amide bonds. The Hall–Kier alpha value is -4.24. The fourth-order valence-electron chi connectivity index (χ4n) is 4.83. The van der Waals surface area contributed by atoms with Crippen molar-refractivity contribution in [3.8, 4) is 11.3 Å². The average Bonchev–Trinajstić information content (AvgIpc) is 2.90. The van der Waals surface area contributed by atoms with Crippen LogP contribution in [0.3, 0.4) is 0 Å². The van der Waals surface area contributed by atoms with Gasteiger partial charge in [0.05, 0.1) is 17.6 Å². The number of likely N-dealkylation sites (N-methyl/N-ethyl adjacent to an activating group) is 1. The summed E-state index contributed by atoms with van der Waals surface area (Å²) in [6.45, 7) is 5.24. The number of hydrogen-bond acceptors (Lipinski definition) is 7. The summed E-state index contributed by atoms with van der Waals surface area (Å²) in [4.78, 5) is 22.4. The van der Waals surface area contributed by atoms with Crippen molar-refractivity contribution < 1.29 is 8.78 Å². The standard InChI is InChI=1S/C28H25F2N7/c1-17-4-3-5-21(29)25(17)27-19-8-9-31-15-20(19)26-23(34-27)16-32-28(35-26)33-18-6-7-24(22(30)14-18)37-12-10-36(2)11-13-37/h3-9,14-16H,10-13H2,1-2H3,(H,32,33,35). The van der Waals surface area contributed by atoms with Gasteiger partial charge in [0.2, 0.25) is 5.95 Å². The average molecular weight is 498 g/mol. The van der Waals surface area contributed by atoms with Gasteiger partial charge >= 0.3 is 0 Å². The van der Waals surface area contributed by atoms with Crippen molar-refractivity contribution in [1.29, 1.82) is 0 Å². The van der Waals surface area contributed by atoms with Gasteiger partial charge in [0.25, 0.3) is 0 Å². The molecular weight excluding hydrogens is 472 g/mol. The quantitative estimate of drug-likeness (QED) is 0.337. The molecule has 37 heavy (non-hydrogen) atoms. The van der Waals surface area contributed by atoms with Gasteiger partial charge in [0.15, 0.2) is 0 Å². The largest absolute Gasteiger partial charge is 0.367 e. The summed E-state index contributed by atoms with van der Waals surface area (Å²) in [6.07, 6.45) is 4.94. The highest BCUT2D eigenvalue weighted by Gasteiger charge is 2.19. The molecule has 0 radical (unpaired) electrons. The van der Waals surface area contributed by atoms with Crippen LogP contribution in [0.1, 0.15) is 5.56 Å². The topological polar surface area (TPSA) is 70.1 Å². The van der Waals surface area contributed by atoms with Crippen LogP contribution in [0.15, 0.2) is 61.1 Å². The lowest BCUT2D eigenvalue weighted by Gasteiger charge is -2.34. The third-order valence-electron chi connectivity index (χ3n) is 6.84. The summed E-state index contributed by atoms with van der Waals surface area (Å²) >= 11 is 0. The van der Waals surface area contributed by atoms with Gasteiger partial charge in [0, 0.05) is 60.6 Å². The van der Waals surface area contributed by atoms with Gasteiger partial charge in [-0.05, 0) is 49.9 Å². The molecule has 1 N–H and O–H groups in total. The van der Waals surface area contributed by atoms with E-state index in [1.54, 1.807) is 30.7 Å². The Morgan fingerprint density at radius 2 is 1.73 bits per heavy atom. The molecule has 1 fully saturated rings. The monoisotopic (exact) mass is 497 g/mol. The second kappa shape index (κ2) is 9.33. The summed E-state index contributed by atoms with van der Waals surface area (Å²) in [7, 11) is 2.07. The predicted octanol–water partition coefficient (Wildman–Crippen LogP) is 5.32. The van der Waals surface area contributed by atoms with Gasteiger partial charge < -0.3 is 15.1 Å². The Balaban J connectivity index is 1.37. The van der Waals surface area contributed by atoms with E-state index in [9.17, 15) is 8.78 Å². The Morgan fingerprint density at radius 3 is 2.51 bits per heavy atom. The molecular formula is C28H25F2N7. The molecule has 186 valence electrons. The van der Waals surface area contributed by atoms with Crippen LogP contribution >= 0.6 is 0 Å². The van der Waals surface area contributed by atoms with Crippen molar-refractivity contribution in [1.82, 2.24) is 24.8 Å². The first-order chi connectivity index (χ1) is 18.0. The first-order valence-corrected chi connectivity index (χ1v) is 12.1. The normalized spacial score (nSPS) is 14.4. The van der Waals surface area contributed by atoms with Crippen LogP contribution < -0.4 is 10.2 Å². The first kappa shape index (κ1) is 23.2. The third kappa shape index (κ3) is 4.31. The van der Waals surface area contributed by atoms with Crippen molar-refractivity contribution in [3.63, 3.8) is 0 Å². The van der Waals surface area contributed by atoms with Gasteiger partial charge in [-0.1, -0.05) is 12.1 Å². The number of aromatic nitrogens is 4. The lowest BCUT2D eigenvalue weighted by Crippen LogP contribution is -2.44. The number of hydrogen-bond donors (Lipinski definition) is 1. The molecule has 0 aliphatic carbocycles. The third-order valence-corrected chi connectivity index (χ3v) is 6.84. The number of nitrogens with zero attached hydrogens (tertiary/aromatic N) is 6. The van der Waals surface area contributed by atoms with E-state index in [1.165, 1.54) is 12.1 Å². The predicted molar refractivity (Wildman–Crippen MR) is 142 cm³/mol. The van der Waals surface area contributed by atoms with E-state index >= 15 is 0 Å². The van der Waals surface area contributed by atoms with Gasteiger partial charge in [-0.3, -0.25) is 4.98 Å². The number of nitrogens with one attached hydrogen (secondary N) is 1. The summed E-state index contributed by atoms with van der Waals surface area (Å²) in [6, 6.07) is 11.8. The van der Waals surface area contributed by atoms with E-state index in [-0.39, 0.29) is 11.6 Å². The van der Waals surface area contributed by atoms with Crippen molar-refractivity contribution in [2.24, 2.45) is 0 Å². The van der Waals surface area contributed by atoms with Crippen LogP contribution in [-0.2, 0) is 0 Å². The fraction of sp³-hybridized carbons (Fsp3) is 0.214. The number of pyridine rings is 2. The van der Waals surface area contributed by atoms with E-state index in [0.29, 0.717) is 39.6 Å². The number of piperazine rings is 1. The molecule has 0 bridgehead atoms. The Morgan fingerprint density at radius 1 is 0.892 bits per heavy atom. The zero-order valence-corrected chi connectivity index (χ0v) is 20.5. The molecule has 6 rings (SSSR count). The maximum absolute atomic E-state index is 15.0. The van der Waals surface area contributed by atoms with Crippen molar-refractivity contribution in [2.45, 2.75) is 6.92 Å². The molecule has 3 aromatic heterocycles. The minimum Gasteiger partial charge on any atom is -0.367 e. The molecule has 7 nitrogen and oxygen atoms in total. The molecule has 0 atom stereocenters.